The van der Waals surface area contributed by atoms with E-state index in [1.165, 1.54) is 64.6 Å². The molecular formula is C81H91BrN18O14S3. The van der Waals surface area contributed by atoms with E-state index in [-0.39, 0.29) is 118 Å². The van der Waals surface area contributed by atoms with Gasteiger partial charge in [0, 0.05) is 140 Å². The van der Waals surface area contributed by atoms with Crippen LogP contribution in [-0.4, -0.2) is 117 Å². The van der Waals surface area contributed by atoms with Crippen molar-refractivity contribution in [2.75, 3.05) is 48.7 Å². The fourth-order valence-electron chi connectivity index (χ4n) is 12.4. The van der Waals surface area contributed by atoms with Gasteiger partial charge in [0.1, 0.15) is 5.65 Å². The SMILES string of the molecule is CCCBr.CCCS(=O)(=O)c1nc2c(c(=O)n(C)c(=O)n2CC#Cc2cc(NC(=O)C3CC3)cc(NC(=O)C3CC3)c2)n1C.CCCSc1nc2c(c(=O)n(C)c(=O)n2CC#Cc2cc(NC(=O)C3CC3)cc(NC(=O)C3CC3)c2)n1C.Cn1c(=O)c2c([nH]c(=S)n2C)n(CC#Cc2cc(NC(=O)C3CC3)cc(NC(=O)C3CC3)c2)c1=O. The molecule has 9 aromatic rings. The van der Waals surface area contributed by atoms with Crippen LogP contribution in [0, 0.1) is 75.8 Å². The minimum Gasteiger partial charge on any atom is -0.326 e. The lowest BCUT2D eigenvalue weighted by Gasteiger charge is -2.10. The molecule has 15 rings (SSSR count). The molecule has 3 aromatic carbocycles. The van der Waals surface area contributed by atoms with E-state index in [0.29, 0.717) is 84.0 Å². The third-order valence-corrected chi connectivity index (χ3v) is 24.2. The zero-order valence-corrected chi connectivity index (χ0v) is 70.3. The fourth-order valence-corrected chi connectivity index (χ4v) is 14.9. The van der Waals surface area contributed by atoms with Crippen LogP contribution in [0.5, 0.6) is 0 Å². The molecule has 0 radical (unpaired) electrons. The van der Waals surface area contributed by atoms with Crippen LogP contribution in [0.3, 0.4) is 0 Å². The third kappa shape index (κ3) is 20.5. The Bertz CT molecular complexity index is 6180. The highest BCUT2D eigenvalue weighted by Gasteiger charge is 2.35. The van der Waals surface area contributed by atoms with Gasteiger partial charge in [0.05, 0.1) is 25.4 Å². The van der Waals surface area contributed by atoms with Crippen molar-refractivity contribution in [2.24, 2.45) is 77.8 Å². The number of fused-ring (bicyclic) bond motifs is 3. The second-order valence-corrected chi connectivity index (χ2v) is 34.1. The molecule has 6 amide bonds. The van der Waals surface area contributed by atoms with Crippen LogP contribution in [0.1, 0.15) is 134 Å². The van der Waals surface area contributed by atoms with E-state index in [4.69, 9.17) is 12.2 Å². The Morgan fingerprint density at radius 3 is 1.07 bits per heavy atom. The van der Waals surface area contributed by atoms with Crippen LogP contribution in [0.2, 0.25) is 0 Å². The number of halogens is 1. The molecule has 6 aliphatic rings. The first kappa shape index (κ1) is 85.0. The Kier molecular flexibility index (Phi) is 26.5. The number of anilines is 6. The summed E-state index contributed by atoms with van der Waals surface area (Å²) in [5, 5.41) is 18.9. The van der Waals surface area contributed by atoms with E-state index in [2.05, 4.69) is 112 Å². The molecule has 117 heavy (non-hydrogen) atoms. The number of H-pyrrole nitrogens is 1. The largest absolute Gasteiger partial charge is 0.333 e. The summed E-state index contributed by atoms with van der Waals surface area (Å²) in [5.41, 5.74) is 2.79. The number of nitrogens with zero attached hydrogens (tertiary/aromatic N) is 11. The Balaban J connectivity index is 0.000000158. The van der Waals surface area contributed by atoms with Crippen molar-refractivity contribution in [2.45, 2.75) is 147 Å². The molecule has 0 atom stereocenters. The number of carbonyl (C=O) groups is 6. The predicted molar refractivity (Wildman–Crippen MR) is 454 cm³/mol. The van der Waals surface area contributed by atoms with E-state index in [0.717, 1.165) is 113 Å². The van der Waals surface area contributed by atoms with Gasteiger partial charge in [0.2, 0.25) is 50.4 Å². The maximum absolute atomic E-state index is 13.0. The van der Waals surface area contributed by atoms with Crippen LogP contribution in [0.4, 0.5) is 34.1 Å². The number of nitrogens with one attached hydrogen (secondary N) is 7. The molecular weight excluding hydrogens is 1630 g/mol. The molecule has 0 saturated heterocycles. The van der Waals surface area contributed by atoms with Crippen molar-refractivity contribution >= 4 is 153 Å². The Hall–Kier alpha value is -11.4. The summed E-state index contributed by atoms with van der Waals surface area (Å²) in [6.45, 7) is 5.75. The number of aromatic nitrogens is 12. The number of rotatable bonds is 22. The third-order valence-electron chi connectivity index (χ3n) is 19.9. The first-order valence-electron chi connectivity index (χ1n) is 38.8. The van der Waals surface area contributed by atoms with Crippen LogP contribution in [0.15, 0.2) is 93.7 Å². The standard InChI is InChI=1S/C27H30N6O6S.C27H30N6O4S.C24H24N6O4S.C3H7Br/c1-4-12-40(38,39)26-30-22-21(31(26)2)25(36)32(3)27(37)33(22)11-5-6-16-13-19(28-23(34)17-7-8-17)15-20(14-16)29-24(35)18-9-10-18;1-4-12-38-26-30-22-21(31(26)2)25(36)32(3)27(37)33(22)11-5-6-16-13-19(28-23(34)17-7-8-17)15-20(14-16)29-24(35)18-9-10-18;1-28-18-19(27-23(28)35)30(24(34)29(2)22(18)33)9-3-4-13-10-16(25-20(31)14-5-6-14)12-17(11-13)26-21(32)15-7-8-15;1-2-3-4/h13-15,17-18H,4,7-12H2,1-3H3,(H,28,34)(H,29,35);13-15,17-18H,4,7-12H2,1-3H3,(H,28,34)(H,29,35);10-12,14-15H,5-9H2,1-2H3,(H,25,31)(H,26,32)(H,27,35);2-3H2,1H3. The highest BCUT2D eigenvalue weighted by atomic mass is 79.9. The Morgan fingerprint density at radius 2 is 0.752 bits per heavy atom. The van der Waals surface area contributed by atoms with Crippen molar-refractivity contribution < 1.29 is 37.2 Å². The molecule has 0 unspecified atom stereocenters. The summed E-state index contributed by atoms with van der Waals surface area (Å²) in [6.07, 6.45) is 13.0. The summed E-state index contributed by atoms with van der Waals surface area (Å²) in [4.78, 5) is 163. The zero-order valence-electron chi connectivity index (χ0n) is 66.2. The average molecular weight is 1720 g/mol. The quantitative estimate of drug-likeness (QED) is 0.0148. The molecule has 32 nitrogen and oxygen atoms in total. The van der Waals surface area contributed by atoms with Gasteiger partial charge in [-0.1, -0.05) is 84.0 Å². The number of aromatic amines is 1. The maximum Gasteiger partial charge on any atom is 0.333 e. The summed E-state index contributed by atoms with van der Waals surface area (Å²) < 4.78 is 37.2. The van der Waals surface area contributed by atoms with Crippen LogP contribution in [0.25, 0.3) is 33.5 Å². The smallest absolute Gasteiger partial charge is 0.326 e. The first-order chi connectivity index (χ1) is 55.9. The molecule has 36 heteroatoms. The lowest BCUT2D eigenvalue weighted by molar-refractivity contribution is -0.118. The first-order valence-corrected chi connectivity index (χ1v) is 43.0. The minimum absolute atomic E-state index is 0.00116. The van der Waals surface area contributed by atoms with E-state index in [1.807, 2.05) is 0 Å². The molecule has 6 aromatic heterocycles. The molecule has 0 spiro atoms. The van der Waals surface area contributed by atoms with Crippen molar-refractivity contribution in [3.8, 4) is 35.5 Å². The number of carbonyl (C=O) groups excluding carboxylic acids is 6. The number of hydrogen-bond donors (Lipinski definition) is 7. The highest BCUT2D eigenvalue weighted by molar-refractivity contribution is 9.09. The summed E-state index contributed by atoms with van der Waals surface area (Å²) in [5.74, 6) is 18.3. The van der Waals surface area contributed by atoms with Gasteiger partial charge in [0.15, 0.2) is 37.8 Å². The molecule has 0 aliphatic heterocycles. The van der Waals surface area contributed by atoms with Crippen LogP contribution < -0.4 is 65.6 Å². The number of thioether (sulfide) groups is 1. The second kappa shape index (κ2) is 36.4. The lowest BCUT2D eigenvalue weighted by atomic mass is 10.1. The molecule has 6 heterocycles. The predicted octanol–water partition coefficient (Wildman–Crippen LogP) is 7.69. The van der Waals surface area contributed by atoms with Crippen LogP contribution in [-0.2, 0) is 101 Å². The van der Waals surface area contributed by atoms with E-state index in [9.17, 15) is 66.0 Å². The Morgan fingerprint density at radius 1 is 0.444 bits per heavy atom. The number of aryl methyl sites for hydroxylation is 3. The number of imidazole rings is 3. The molecule has 0 bridgehead atoms. The summed E-state index contributed by atoms with van der Waals surface area (Å²) in [6, 6.07) is 15.4. The van der Waals surface area contributed by atoms with E-state index in [1.54, 1.807) is 80.2 Å². The van der Waals surface area contributed by atoms with Gasteiger partial charge in [-0.05, 0) is 163 Å². The normalized spacial score (nSPS) is 14.6. The van der Waals surface area contributed by atoms with Gasteiger partial charge in [-0.3, -0.25) is 70.6 Å². The second-order valence-electron chi connectivity index (χ2n) is 29.9. The number of benzene rings is 3. The van der Waals surface area contributed by atoms with Gasteiger partial charge in [0.25, 0.3) is 16.7 Å². The van der Waals surface area contributed by atoms with Gasteiger partial charge < -0.3 is 50.6 Å². The highest BCUT2D eigenvalue weighted by Crippen LogP contribution is 2.36. The van der Waals surface area contributed by atoms with Crippen LogP contribution >= 0.6 is 39.9 Å². The summed E-state index contributed by atoms with van der Waals surface area (Å²) in [7, 11) is 5.24. The molecule has 6 fully saturated rings. The zero-order chi connectivity index (χ0) is 84.0. The number of alkyl halides is 1. The fraction of sp³-hybridized carbons (Fsp3) is 0.444. The lowest BCUT2D eigenvalue weighted by Crippen LogP contribution is -2.38. The van der Waals surface area contributed by atoms with Gasteiger partial charge in [-0.25, -0.2) is 27.8 Å². The van der Waals surface area contributed by atoms with Crippen molar-refractivity contribution in [3.05, 3.63) is 139 Å². The summed E-state index contributed by atoms with van der Waals surface area (Å²) >= 11 is 10.0. The van der Waals surface area contributed by atoms with E-state index >= 15 is 0 Å². The number of amides is 6. The average Bonchev–Trinajstić information content (AvgIpc) is 1.59. The van der Waals surface area contributed by atoms with Gasteiger partial charge >= 0.3 is 17.1 Å². The topological polar surface area (TPSA) is 397 Å². The minimum atomic E-state index is -3.78. The monoisotopic (exact) mass is 1710 g/mol. The number of hydrogen-bond acceptors (Lipinski definition) is 18. The number of sulfone groups is 1. The maximum atomic E-state index is 13.0. The molecule has 614 valence electrons. The van der Waals surface area contributed by atoms with Crippen molar-refractivity contribution in [1.29, 1.82) is 0 Å². The van der Waals surface area contributed by atoms with Crippen molar-refractivity contribution in [1.82, 2.24) is 56.1 Å². The van der Waals surface area contributed by atoms with E-state index < -0.39 is 43.6 Å². The Labute approximate surface area is 689 Å². The molecule has 7 N–H and O–H groups in total. The molecule has 6 saturated carbocycles. The van der Waals surface area contributed by atoms with Gasteiger partial charge in [-0.2, -0.15) is 4.98 Å². The molecule has 6 aliphatic carbocycles. The van der Waals surface area contributed by atoms with Crippen molar-refractivity contribution in [3.63, 3.8) is 0 Å². The van der Waals surface area contributed by atoms with Gasteiger partial charge in [-0.15, -0.1) is 0 Å².